The van der Waals surface area contributed by atoms with Crippen molar-refractivity contribution in [1.82, 2.24) is 9.97 Å². The summed E-state index contributed by atoms with van der Waals surface area (Å²) in [7, 11) is 0. The van der Waals surface area contributed by atoms with E-state index in [1.807, 2.05) is 24.3 Å². The van der Waals surface area contributed by atoms with Crippen LogP contribution in [0.25, 0.3) is 11.4 Å². The number of aromatic nitrogens is 2. The van der Waals surface area contributed by atoms with Crippen LogP contribution in [0, 0.1) is 18.3 Å². The lowest BCUT2D eigenvalue weighted by atomic mass is 10.1. The van der Waals surface area contributed by atoms with Crippen LogP contribution in [0.5, 0.6) is 5.75 Å². The lowest BCUT2D eigenvalue weighted by Gasteiger charge is -2.10. The molecule has 0 fully saturated rings. The summed E-state index contributed by atoms with van der Waals surface area (Å²) in [5.74, 6) is -0.263. The van der Waals surface area contributed by atoms with Crippen molar-refractivity contribution >= 4 is 21.9 Å². The van der Waals surface area contributed by atoms with Gasteiger partial charge in [0.25, 0.3) is 0 Å². The molecule has 0 saturated heterocycles. The maximum Gasteiger partial charge on any atom is 0.339 e. The molecule has 0 radical (unpaired) electrons. The summed E-state index contributed by atoms with van der Waals surface area (Å²) < 4.78 is 6.73. The normalized spacial score (nSPS) is 10.3. The fraction of sp³-hybridized carbons (Fsp3) is 0.100. The van der Waals surface area contributed by atoms with E-state index in [1.54, 1.807) is 25.1 Å². The van der Waals surface area contributed by atoms with Crippen LogP contribution in [0.2, 0.25) is 0 Å². The Labute approximate surface area is 164 Å². The van der Waals surface area contributed by atoms with Crippen LogP contribution in [0.1, 0.15) is 27.2 Å². The fourth-order valence-corrected chi connectivity index (χ4v) is 2.93. The lowest BCUT2D eigenvalue weighted by Crippen LogP contribution is -2.04. The molecule has 0 bridgehead atoms. The third-order valence-corrected chi connectivity index (χ3v) is 4.34. The van der Waals surface area contributed by atoms with Crippen LogP contribution in [0.3, 0.4) is 0 Å². The molecule has 134 valence electrons. The van der Waals surface area contributed by atoms with E-state index in [0.717, 1.165) is 10.0 Å². The first kappa shape index (κ1) is 18.5. The van der Waals surface area contributed by atoms with Crippen molar-refractivity contribution < 1.29 is 14.6 Å². The molecule has 3 rings (SSSR count). The van der Waals surface area contributed by atoms with E-state index >= 15 is 0 Å². The zero-order chi connectivity index (χ0) is 19.4. The third kappa shape index (κ3) is 4.30. The number of benzene rings is 2. The van der Waals surface area contributed by atoms with Gasteiger partial charge in [-0.25, -0.2) is 14.8 Å². The van der Waals surface area contributed by atoms with E-state index < -0.39 is 5.97 Å². The molecule has 1 heterocycles. The number of ether oxygens (including phenoxy) is 1. The predicted molar refractivity (Wildman–Crippen MR) is 102 cm³/mol. The van der Waals surface area contributed by atoms with E-state index in [1.165, 1.54) is 6.20 Å². The number of aromatic carboxylic acids is 1. The van der Waals surface area contributed by atoms with Crippen LogP contribution in [0.4, 0.5) is 0 Å². The average molecular weight is 424 g/mol. The second-order valence-corrected chi connectivity index (χ2v) is 6.65. The van der Waals surface area contributed by atoms with E-state index in [4.69, 9.17) is 9.84 Å². The van der Waals surface area contributed by atoms with Crippen molar-refractivity contribution in [3.05, 3.63) is 75.5 Å². The number of aryl methyl sites for hydroxylation is 1. The summed E-state index contributed by atoms with van der Waals surface area (Å²) in [6, 6.07) is 14.9. The molecule has 0 aliphatic rings. The summed E-state index contributed by atoms with van der Waals surface area (Å²) in [6.45, 7) is 1.94. The van der Waals surface area contributed by atoms with Gasteiger partial charge in [-0.05, 0) is 42.8 Å². The van der Waals surface area contributed by atoms with Crippen LogP contribution in [-0.2, 0) is 6.61 Å². The standard InChI is InChI=1S/C20H14BrN3O3/c1-12-17(20(25)26)10-23-19(24-12)14-5-6-18(15(8-14)9-22)27-11-13-3-2-4-16(21)7-13/h2-8,10H,11H2,1H3,(H,25,26). The minimum absolute atomic E-state index is 0.0493. The molecule has 1 N–H and O–H groups in total. The quantitative estimate of drug-likeness (QED) is 0.654. The molecular weight excluding hydrogens is 410 g/mol. The van der Waals surface area contributed by atoms with Gasteiger partial charge >= 0.3 is 5.97 Å². The highest BCUT2D eigenvalue weighted by atomic mass is 79.9. The third-order valence-electron chi connectivity index (χ3n) is 3.85. The summed E-state index contributed by atoms with van der Waals surface area (Å²) >= 11 is 3.41. The van der Waals surface area contributed by atoms with Crippen molar-refractivity contribution in [1.29, 1.82) is 5.26 Å². The molecule has 6 nitrogen and oxygen atoms in total. The van der Waals surface area contributed by atoms with Gasteiger partial charge in [0.1, 0.15) is 18.4 Å². The molecule has 0 amide bonds. The molecule has 3 aromatic rings. The smallest absolute Gasteiger partial charge is 0.339 e. The average Bonchev–Trinajstić information content (AvgIpc) is 2.66. The zero-order valence-electron chi connectivity index (χ0n) is 14.3. The summed E-state index contributed by atoms with van der Waals surface area (Å²) in [5, 5.41) is 18.5. The Kier molecular flexibility index (Phi) is 5.48. The molecule has 1 aromatic heterocycles. The highest BCUT2D eigenvalue weighted by Crippen LogP contribution is 2.26. The number of rotatable bonds is 5. The Hall–Kier alpha value is -3.24. The second kappa shape index (κ2) is 7.98. The lowest BCUT2D eigenvalue weighted by molar-refractivity contribution is 0.0695. The minimum Gasteiger partial charge on any atom is -0.488 e. The number of hydrogen-bond acceptors (Lipinski definition) is 5. The summed E-state index contributed by atoms with van der Waals surface area (Å²) in [5.41, 5.74) is 2.35. The Morgan fingerprint density at radius 1 is 1.30 bits per heavy atom. The Balaban J connectivity index is 1.85. The van der Waals surface area contributed by atoms with Gasteiger partial charge in [0.05, 0.1) is 16.8 Å². The van der Waals surface area contributed by atoms with Gasteiger partial charge in [-0.3, -0.25) is 0 Å². The summed E-state index contributed by atoms with van der Waals surface area (Å²) in [4.78, 5) is 19.4. The van der Waals surface area contributed by atoms with E-state index in [-0.39, 0.29) is 5.56 Å². The molecule has 7 heteroatoms. The highest BCUT2D eigenvalue weighted by Gasteiger charge is 2.13. The topological polar surface area (TPSA) is 96.1 Å². The molecule has 0 aliphatic carbocycles. The minimum atomic E-state index is -1.08. The summed E-state index contributed by atoms with van der Waals surface area (Å²) in [6.07, 6.45) is 1.27. The fourth-order valence-electron chi connectivity index (χ4n) is 2.49. The van der Waals surface area contributed by atoms with Crippen molar-refractivity contribution in [3.63, 3.8) is 0 Å². The van der Waals surface area contributed by atoms with Gasteiger partial charge < -0.3 is 9.84 Å². The molecule has 0 aliphatic heterocycles. The van der Waals surface area contributed by atoms with Gasteiger partial charge in [0.2, 0.25) is 0 Å². The van der Waals surface area contributed by atoms with Gasteiger partial charge in [-0.1, -0.05) is 28.1 Å². The molecule has 0 unspecified atom stereocenters. The number of nitrogens with zero attached hydrogens (tertiary/aromatic N) is 3. The first-order valence-electron chi connectivity index (χ1n) is 7.96. The van der Waals surface area contributed by atoms with E-state index in [2.05, 4.69) is 32.0 Å². The van der Waals surface area contributed by atoms with E-state index in [0.29, 0.717) is 35.0 Å². The molecule has 0 saturated carbocycles. The Bertz CT molecular complexity index is 1060. The van der Waals surface area contributed by atoms with Gasteiger partial charge in [-0.2, -0.15) is 5.26 Å². The maximum atomic E-state index is 11.1. The molecule has 0 spiro atoms. The predicted octanol–water partition coefficient (Wildman–Crippen LogP) is 4.36. The van der Waals surface area contributed by atoms with Crippen LogP contribution in [-0.4, -0.2) is 21.0 Å². The van der Waals surface area contributed by atoms with Gasteiger partial charge in [-0.15, -0.1) is 0 Å². The second-order valence-electron chi connectivity index (χ2n) is 5.74. The SMILES string of the molecule is Cc1nc(-c2ccc(OCc3cccc(Br)c3)c(C#N)c2)ncc1C(=O)O. The van der Waals surface area contributed by atoms with Crippen molar-refractivity contribution in [2.45, 2.75) is 13.5 Å². The van der Waals surface area contributed by atoms with E-state index in [9.17, 15) is 10.1 Å². The number of carbonyl (C=O) groups is 1. The van der Waals surface area contributed by atoms with Crippen LogP contribution in [0.15, 0.2) is 53.1 Å². The van der Waals surface area contributed by atoms with Crippen molar-refractivity contribution in [2.24, 2.45) is 0 Å². The zero-order valence-corrected chi connectivity index (χ0v) is 15.9. The first-order valence-corrected chi connectivity index (χ1v) is 8.76. The highest BCUT2D eigenvalue weighted by molar-refractivity contribution is 9.10. The first-order chi connectivity index (χ1) is 13.0. The molecule has 2 aromatic carbocycles. The molecule has 27 heavy (non-hydrogen) atoms. The number of nitriles is 1. The number of hydrogen-bond donors (Lipinski definition) is 1. The molecule has 0 atom stereocenters. The maximum absolute atomic E-state index is 11.1. The van der Waals surface area contributed by atoms with Crippen molar-refractivity contribution in [2.75, 3.05) is 0 Å². The van der Waals surface area contributed by atoms with Gasteiger partial charge in [0.15, 0.2) is 5.82 Å². The van der Waals surface area contributed by atoms with Crippen LogP contribution < -0.4 is 4.74 Å². The number of halogens is 1. The van der Waals surface area contributed by atoms with Gasteiger partial charge in [0, 0.05) is 16.2 Å². The van der Waals surface area contributed by atoms with Crippen molar-refractivity contribution in [3.8, 4) is 23.2 Å². The Morgan fingerprint density at radius 2 is 2.11 bits per heavy atom. The number of carboxylic acid groups (broad SMARTS) is 1. The number of carboxylic acids is 1. The largest absolute Gasteiger partial charge is 0.488 e. The molecular formula is C20H14BrN3O3. The van der Waals surface area contributed by atoms with Crippen LogP contribution >= 0.6 is 15.9 Å². The Morgan fingerprint density at radius 3 is 2.78 bits per heavy atom. The monoisotopic (exact) mass is 423 g/mol.